The fourth-order valence-corrected chi connectivity index (χ4v) is 3.25. The molecule has 0 aliphatic rings. The second kappa shape index (κ2) is 10.9. The molecule has 0 saturated heterocycles. The molecule has 0 saturated carbocycles. The molecule has 2 aromatic rings. The van der Waals surface area contributed by atoms with Gasteiger partial charge in [0.15, 0.2) is 6.61 Å². The van der Waals surface area contributed by atoms with Crippen molar-refractivity contribution in [2.75, 3.05) is 27.9 Å². The number of halogens is 2. The highest BCUT2D eigenvalue weighted by Crippen LogP contribution is 2.28. The van der Waals surface area contributed by atoms with Gasteiger partial charge in [-0.2, -0.15) is 0 Å². The van der Waals surface area contributed by atoms with E-state index in [1.165, 1.54) is 26.2 Å². The number of likely N-dealkylation sites (N-methyl/N-ethyl adjacent to an activating group) is 1. The van der Waals surface area contributed by atoms with E-state index in [-0.39, 0.29) is 19.1 Å². The van der Waals surface area contributed by atoms with Crippen LogP contribution in [0.3, 0.4) is 0 Å². The molecule has 0 heterocycles. The Labute approximate surface area is 185 Å². The van der Waals surface area contributed by atoms with Gasteiger partial charge in [-0.3, -0.25) is 9.59 Å². The first-order chi connectivity index (χ1) is 14.3. The van der Waals surface area contributed by atoms with Gasteiger partial charge in [0.1, 0.15) is 23.3 Å². The Kier molecular flexibility index (Phi) is 8.62. The zero-order chi connectivity index (χ0) is 22.3. The SMILES string of the molecule is CNC(=O)[C@H](C)N(Cc1c(Cl)cccc1Cl)C(=O)COc1cc(OC)cc(OC)c1. The number of hydrogen-bond acceptors (Lipinski definition) is 5. The molecule has 2 aromatic carbocycles. The predicted molar refractivity (Wildman–Crippen MR) is 116 cm³/mol. The summed E-state index contributed by atoms with van der Waals surface area (Å²) >= 11 is 12.5. The quantitative estimate of drug-likeness (QED) is 0.626. The second-order valence-electron chi connectivity index (χ2n) is 6.35. The Bertz CT molecular complexity index is 864. The summed E-state index contributed by atoms with van der Waals surface area (Å²) in [4.78, 5) is 26.6. The number of hydrogen-bond donors (Lipinski definition) is 1. The zero-order valence-corrected chi connectivity index (χ0v) is 18.7. The fraction of sp³-hybridized carbons (Fsp3) is 0.333. The topological polar surface area (TPSA) is 77.1 Å². The molecule has 9 heteroatoms. The van der Waals surface area contributed by atoms with Crippen molar-refractivity contribution in [1.29, 1.82) is 0 Å². The standard InChI is InChI=1S/C21H24Cl2N2O5/c1-13(21(27)24-2)25(11-17-18(22)6-5-7-19(17)23)20(26)12-30-16-9-14(28-3)8-15(10-16)29-4/h5-10,13H,11-12H2,1-4H3,(H,24,27)/t13-/m0/s1. The molecule has 0 bridgehead atoms. The molecule has 1 N–H and O–H groups in total. The van der Waals surface area contributed by atoms with E-state index in [0.717, 1.165) is 0 Å². The first kappa shape index (κ1) is 23.6. The third-order valence-electron chi connectivity index (χ3n) is 4.49. The van der Waals surface area contributed by atoms with Gasteiger partial charge in [-0.1, -0.05) is 29.3 Å². The monoisotopic (exact) mass is 454 g/mol. The van der Waals surface area contributed by atoms with Crippen LogP contribution in [0.1, 0.15) is 12.5 Å². The van der Waals surface area contributed by atoms with E-state index < -0.39 is 11.9 Å². The predicted octanol–water partition coefficient (Wildman–Crippen LogP) is 3.55. The summed E-state index contributed by atoms with van der Waals surface area (Å²) in [5.41, 5.74) is 0.549. The van der Waals surface area contributed by atoms with Crippen molar-refractivity contribution in [3.8, 4) is 17.2 Å². The minimum Gasteiger partial charge on any atom is -0.496 e. The lowest BCUT2D eigenvalue weighted by Gasteiger charge is -2.29. The number of carbonyl (C=O) groups excluding carboxylic acids is 2. The summed E-state index contributed by atoms with van der Waals surface area (Å²) in [5.74, 6) is 0.701. The fourth-order valence-electron chi connectivity index (χ4n) is 2.74. The molecule has 30 heavy (non-hydrogen) atoms. The lowest BCUT2D eigenvalue weighted by atomic mass is 10.1. The highest BCUT2D eigenvalue weighted by Gasteiger charge is 2.27. The molecule has 0 fully saturated rings. The highest BCUT2D eigenvalue weighted by atomic mass is 35.5. The Morgan fingerprint density at radius 3 is 2.07 bits per heavy atom. The first-order valence-corrected chi connectivity index (χ1v) is 9.86. The average Bonchev–Trinajstić information content (AvgIpc) is 2.75. The summed E-state index contributed by atoms with van der Waals surface area (Å²) in [5, 5.41) is 3.36. The van der Waals surface area contributed by atoms with Crippen LogP contribution in [-0.2, 0) is 16.1 Å². The van der Waals surface area contributed by atoms with Gasteiger partial charge < -0.3 is 24.4 Å². The molecule has 0 aliphatic carbocycles. The summed E-state index contributed by atoms with van der Waals surface area (Å²) in [7, 11) is 4.54. The number of benzene rings is 2. The van der Waals surface area contributed by atoms with E-state index in [2.05, 4.69) is 5.32 Å². The van der Waals surface area contributed by atoms with Gasteiger partial charge in [-0.25, -0.2) is 0 Å². The van der Waals surface area contributed by atoms with Crippen LogP contribution >= 0.6 is 23.2 Å². The lowest BCUT2D eigenvalue weighted by molar-refractivity contribution is -0.142. The van der Waals surface area contributed by atoms with Crippen LogP contribution in [0.15, 0.2) is 36.4 Å². The van der Waals surface area contributed by atoms with Gasteiger partial charge in [-0.05, 0) is 19.1 Å². The summed E-state index contributed by atoms with van der Waals surface area (Å²) in [6.07, 6.45) is 0. The molecular weight excluding hydrogens is 431 g/mol. The zero-order valence-electron chi connectivity index (χ0n) is 17.2. The number of nitrogens with zero attached hydrogens (tertiary/aromatic N) is 1. The molecule has 0 radical (unpaired) electrons. The maximum atomic E-state index is 13.0. The molecule has 162 valence electrons. The van der Waals surface area contributed by atoms with Crippen LogP contribution in [0.25, 0.3) is 0 Å². The summed E-state index contributed by atoms with van der Waals surface area (Å²) < 4.78 is 16.1. The van der Waals surface area contributed by atoms with E-state index in [4.69, 9.17) is 37.4 Å². The Hall–Kier alpha value is -2.64. The van der Waals surface area contributed by atoms with Crippen molar-refractivity contribution in [1.82, 2.24) is 10.2 Å². The van der Waals surface area contributed by atoms with Crippen LogP contribution in [0.4, 0.5) is 0 Å². The third-order valence-corrected chi connectivity index (χ3v) is 5.20. The minimum absolute atomic E-state index is 0.0523. The van der Waals surface area contributed by atoms with E-state index in [9.17, 15) is 9.59 Å². The molecule has 2 rings (SSSR count). The molecular formula is C21H24Cl2N2O5. The first-order valence-electron chi connectivity index (χ1n) is 9.10. The van der Waals surface area contributed by atoms with Gasteiger partial charge in [0.2, 0.25) is 5.91 Å². The van der Waals surface area contributed by atoms with Gasteiger partial charge >= 0.3 is 0 Å². The average molecular weight is 455 g/mol. The maximum Gasteiger partial charge on any atom is 0.261 e. The molecule has 2 amide bonds. The van der Waals surface area contributed by atoms with Gasteiger partial charge in [0.25, 0.3) is 5.91 Å². The molecule has 1 atom stereocenters. The van der Waals surface area contributed by atoms with E-state index in [1.807, 2.05) is 0 Å². The van der Waals surface area contributed by atoms with Crippen LogP contribution in [0.2, 0.25) is 10.0 Å². The van der Waals surface area contributed by atoms with Crippen molar-refractivity contribution in [3.05, 3.63) is 52.0 Å². The second-order valence-corrected chi connectivity index (χ2v) is 7.16. The van der Waals surface area contributed by atoms with Crippen LogP contribution in [0, 0.1) is 0 Å². The summed E-state index contributed by atoms with van der Waals surface area (Å²) in [6.45, 7) is 1.37. The smallest absolute Gasteiger partial charge is 0.261 e. The number of rotatable bonds is 9. The van der Waals surface area contributed by atoms with E-state index in [1.54, 1.807) is 43.3 Å². The normalized spacial score (nSPS) is 11.4. The number of methoxy groups -OCH3 is 2. The summed E-state index contributed by atoms with van der Waals surface area (Å²) in [6, 6.07) is 9.25. The minimum atomic E-state index is -0.765. The molecule has 7 nitrogen and oxygen atoms in total. The van der Waals surface area contributed by atoms with Crippen molar-refractivity contribution < 1.29 is 23.8 Å². The Morgan fingerprint density at radius 2 is 1.57 bits per heavy atom. The van der Waals surface area contributed by atoms with Gasteiger partial charge in [0.05, 0.1) is 14.2 Å². The molecule has 0 aliphatic heterocycles. The van der Waals surface area contributed by atoms with Gasteiger partial charge in [-0.15, -0.1) is 0 Å². The van der Waals surface area contributed by atoms with Crippen LogP contribution in [-0.4, -0.2) is 50.6 Å². The number of amides is 2. The molecule has 0 unspecified atom stereocenters. The largest absolute Gasteiger partial charge is 0.496 e. The Morgan fingerprint density at radius 1 is 1.03 bits per heavy atom. The molecule has 0 aromatic heterocycles. The van der Waals surface area contributed by atoms with Crippen molar-refractivity contribution >= 4 is 35.0 Å². The van der Waals surface area contributed by atoms with E-state index >= 15 is 0 Å². The highest BCUT2D eigenvalue weighted by molar-refractivity contribution is 6.36. The lowest BCUT2D eigenvalue weighted by Crippen LogP contribution is -2.48. The van der Waals surface area contributed by atoms with Crippen LogP contribution < -0.4 is 19.5 Å². The molecule has 0 spiro atoms. The number of carbonyl (C=O) groups is 2. The van der Waals surface area contributed by atoms with Crippen LogP contribution in [0.5, 0.6) is 17.2 Å². The van der Waals surface area contributed by atoms with E-state index in [0.29, 0.717) is 32.9 Å². The van der Waals surface area contributed by atoms with Gasteiger partial charge in [0, 0.05) is 47.4 Å². The maximum absolute atomic E-state index is 13.0. The van der Waals surface area contributed by atoms with Crippen molar-refractivity contribution in [3.63, 3.8) is 0 Å². The van der Waals surface area contributed by atoms with Crippen molar-refractivity contribution in [2.45, 2.75) is 19.5 Å². The van der Waals surface area contributed by atoms with Crippen molar-refractivity contribution in [2.24, 2.45) is 0 Å². The number of ether oxygens (including phenoxy) is 3. The Balaban J connectivity index is 2.24. The third kappa shape index (κ3) is 5.93. The number of nitrogens with one attached hydrogen (secondary N) is 1.